The molecule has 1 aromatic rings. The number of rotatable bonds is 14. The van der Waals surface area contributed by atoms with Crippen LogP contribution in [0.25, 0.3) is 0 Å². The first-order valence-corrected chi connectivity index (χ1v) is 19.6. The third kappa shape index (κ3) is 8.78. The van der Waals surface area contributed by atoms with Gasteiger partial charge in [0, 0.05) is 26.2 Å². The predicted molar refractivity (Wildman–Crippen MR) is 202 cm³/mol. The lowest BCUT2D eigenvalue weighted by atomic mass is 9.83. The Kier molecular flexibility index (Phi) is 12.4. The van der Waals surface area contributed by atoms with Crippen LogP contribution in [0.2, 0.25) is 0 Å². The monoisotopic (exact) mass is 732 g/mol. The topological polar surface area (TPSA) is 157 Å². The molecule has 0 aromatic heterocycles. The largest absolute Gasteiger partial charge is 0.346 e. The van der Waals surface area contributed by atoms with Crippen molar-refractivity contribution in [2.45, 2.75) is 130 Å². The van der Waals surface area contributed by atoms with E-state index in [0.717, 1.165) is 49.7 Å². The number of benzene rings is 1. The third-order valence-electron chi connectivity index (χ3n) is 12.1. The first-order valence-electron chi connectivity index (χ1n) is 19.6. The van der Waals surface area contributed by atoms with Gasteiger partial charge in [-0.1, -0.05) is 104 Å². The highest BCUT2D eigenvalue weighted by Gasteiger charge is 2.69. The van der Waals surface area contributed by atoms with Crippen molar-refractivity contribution in [3.63, 3.8) is 0 Å². The zero-order valence-corrected chi connectivity index (χ0v) is 32.5. The number of carbonyl (C=O) groups excluding carboxylic acids is 6. The molecule has 290 valence electrons. The fraction of sp³-hybridized carbons (Fsp3) is 0.659. The number of hydrogen-bond donors (Lipinski definition) is 4. The van der Waals surface area contributed by atoms with Gasteiger partial charge in [0.05, 0.1) is 6.04 Å². The molecule has 0 spiro atoms. The second kappa shape index (κ2) is 16.4. The summed E-state index contributed by atoms with van der Waals surface area (Å²) in [4.78, 5) is 86.0. The predicted octanol–water partition coefficient (Wildman–Crippen LogP) is 4.22. The van der Waals surface area contributed by atoms with E-state index in [-0.39, 0.29) is 41.5 Å². The molecule has 1 aromatic carbocycles. The van der Waals surface area contributed by atoms with Crippen LogP contribution in [-0.4, -0.2) is 82.5 Å². The second-order valence-electron chi connectivity index (χ2n) is 17.2. The van der Waals surface area contributed by atoms with Gasteiger partial charge < -0.3 is 31.1 Å². The van der Waals surface area contributed by atoms with Gasteiger partial charge in [-0.2, -0.15) is 0 Å². The summed E-state index contributed by atoms with van der Waals surface area (Å²) in [6.07, 6.45) is 7.56. The maximum Gasteiger partial charge on any atom is 0.316 e. The van der Waals surface area contributed by atoms with E-state index in [0.29, 0.717) is 32.5 Å². The minimum absolute atomic E-state index is 0.0798. The summed E-state index contributed by atoms with van der Waals surface area (Å²) in [6.45, 7) is 16.9. The van der Waals surface area contributed by atoms with E-state index >= 15 is 0 Å². The molecule has 2 aliphatic carbocycles. The van der Waals surface area contributed by atoms with Crippen molar-refractivity contribution in [1.29, 1.82) is 0 Å². The number of unbranched alkanes of at least 4 members (excludes halogenated alkanes) is 1. The number of fused-ring (bicyclic) bond motifs is 2. The smallest absolute Gasteiger partial charge is 0.316 e. The molecule has 2 saturated carbocycles. The molecule has 12 heteroatoms. The van der Waals surface area contributed by atoms with E-state index in [1.54, 1.807) is 9.80 Å². The molecule has 5 rings (SSSR count). The first-order chi connectivity index (χ1) is 25.1. The Labute approximate surface area is 314 Å². The summed E-state index contributed by atoms with van der Waals surface area (Å²) < 4.78 is 0. The van der Waals surface area contributed by atoms with Crippen molar-refractivity contribution >= 4 is 35.4 Å². The van der Waals surface area contributed by atoms with Crippen LogP contribution in [0, 0.1) is 28.6 Å². The Hall–Kier alpha value is -4.22. The van der Waals surface area contributed by atoms with E-state index in [4.69, 9.17) is 0 Å². The summed E-state index contributed by atoms with van der Waals surface area (Å²) in [6, 6.07) is 3.70. The quantitative estimate of drug-likeness (QED) is 0.166. The Morgan fingerprint density at radius 1 is 0.943 bits per heavy atom. The summed E-state index contributed by atoms with van der Waals surface area (Å²) in [5.41, 5.74) is 1.36. The van der Waals surface area contributed by atoms with E-state index in [1.165, 1.54) is 6.08 Å². The lowest BCUT2D eigenvalue weighted by Gasteiger charge is -2.38. The molecule has 1 unspecified atom stereocenters. The highest BCUT2D eigenvalue weighted by Crippen LogP contribution is 2.65. The SMILES string of the molecule is C=CCNC(=O)C(=O)C(CCCC)NC(=O)[C@@H]1[C@@H]2[C@H](CN1C(=O)[C@@H](NC(=O)N[C@H](C(=O)N1Cc3ccccc3C1)C(C)(C)C)C1CCCCC1)C2(C)C. The number of nitrogens with zero attached hydrogens (tertiary/aromatic N) is 2. The van der Waals surface area contributed by atoms with E-state index in [2.05, 4.69) is 41.7 Å². The Morgan fingerprint density at radius 3 is 2.17 bits per heavy atom. The minimum Gasteiger partial charge on any atom is -0.346 e. The van der Waals surface area contributed by atoms with Crippen LogP contribution in [0.4, 0.5) is 4.79 Å². The van der Waals surface area contributed by atoms with Crippen LogP contribution in [0.3, 0.4) is 0 Å². The minimum atomic E-state index is -1.03. The average molecular weight is 733 g/mol. The summed E-state index contributed by atoms with van der Waals surface area (Å²) >= 11 is 0. The highest BCUT2D eigenvalue weighted by atomic mass is 16.2. The fourth-order valence-electron chi connectivity index (χ4n) is 8.82. The van der Waals surface area contributed by atoms with Crippen molar-refractivity contribution < 1.29 is 28.8 Å². The lowest BCUT2D eigenvalue weighted by Crippen LogP contribution is -2.62. The van der Waals surface area contributed by atoms with Crippen molar-refractivity contribution in [3.8, 4) is 0 Å². The standard InChI is InChI=1S/C41H60N6O6/c1-8-10-20-29(33(48)36(50)42-21-9-2)43-35(49)32-30-28(41(30,6)7)24-47(32)37(51)31(25-16-12-11-13-17-25)44-39(53)45-34(40(3,4)5)38(52)46-22-26-18-14-15-19-27(26)23-46/h9,14-15,18-19,25,28-32,34H,2,8,10-13,16-17,20-24H2,1,3-7H3,(H,42,50)(H,43,49)(H2,44,45,53)/t28-,29?,30-,31-,32-,34+/m0/s1. The van der Waals surface area contributed by atoms with Crippen LogP contribution in [0.15, 0.2) is 36.9 Å². The Morgan fingerprint density at radius 2 is 1.58 bits per heavy atom. The molecule has 3 fully saturated rings. The van der Waals surface area contributed by atoms with Gasteiger partial charge in [-0.25, -0.2) is 4.79 Å². The molecule has 0 radical (unpaired) electrons. The molecule has 4 N–H and O–H groups in total. The van der Waals surface area contributed by atoms with Gasteiger partial charge >= 0.3 is 6.03 Å². The number of nitrogens with one attached hydrogen (secondary N) is 4. The van der Waals surface area contributed by atoms with E-state index in [1.807, 2.05) is 52.0 Å². The zero-order valence-electron chi connectivity index (χ0n) is 32.5. The molecular weight excluding hydrogens is 672 g/mol. The number of ketones is 1. The molecule has 6 atom stereocenters. The number of hydrogen-bond acceptors (Lipinski definition) is 6. The average Bonchev–Trinajstić information content (AvgIpc) is 3.49. The number of Topliss-reactive ketones (excluding diaryl/α,β-unsaturated/α-hetero) is 1. The van der Waals surface area contributed by atoms with Gasteiger partial charge in [-0.3, -0.25) is 24.0 Å². The lowest BCUT2D eigenvalue weighted by molar-refractivity contribution is -0.144. The molecule has 2 aliphatic heterocycles. The molecule has 6 amide bonds. The number of carbonyl (C=O) groups is 6. The normalized spacial score (nSPS) is 23.5. The number of amides is 6. The molecule has 4 aliphatic rings. The van der Waals surface area contributed by atoms with Gasteiger partial charge in [0.15, 0.2) is 0 Å². The number of likely N-dealkylation sites (tertiary alicyclic amines) is 1. The van der Waals surface area contributed by atoms with Crippen LogP contribution < -0.4 is 21.3 Å². The van der Waals surface area contributed by atoms with E-state index < -0.39 is 53.2 Å². The molecule has 2 heterocycles. The third-order valence-corrected chi connectivity index (χ3v) is 12.1. The molecule has 0 bridgehead atoms. The second-order valence-corrected chi connectivity index (χ2v) is 17.2. The maximum atomic E-state index is 14.7. The molecule has 1 saturated heterocycles. The Balaban J connectivity index is 1.35. The zero-order chi connectivity index (χ0) is 38.7. The van der Waals surface area contributed by atoms with Gasteiger partial charge in [0.1, 0.15) is 18.1 Å². The highest BCUT2D eigenvalue weighted by molar-refractivity contribution is 6.38. The van der Waals surface area contributed by atoms with Gasteiger partial charge in [-0.05, 0) is 59.0 Å². The summed E-state index contributed by atoms with van der Waals surface area (Å²) in [7, 11) is 0. The number of urea groups is 1. The van der Waals surface area contributed by atoms with E-state index in [9.17, 15) is 28.8 Å². The van der Waals surface area contributed by atoms with Crippen LogP contribution >= 0.6 is 0 Å². The molecular formula is C41H60N6O6. The van der Waals surface area contributed by atoms with Crippen molar-refractivity contribution in [1.82, 2.24) is 31.1 Å². The van der Waals surface area contributed by atoms with Crippen LogP contribution in [0.1, 0.15) is 104 Å². The van der Waals surface area contributed by atoms with Gasteiger partial charge in [-0.15, -0.1) is 6.58 Å². The molecule has 53 heavy (non-hydrogen) atoms. The van der Waals surface area contributed by atoms with Gasteiger partial charge in [0.2, 0.25) is 23.5 Å². The van der Waals surface area contributed by atoms with Gasteiger partial charge in [0.25, 0.3) is 5.91 Å². The van der Waals surface area contributed by atoms with Crippen molar-refractivity contribution in [3.05, 3.63) is 48.0 Å². The maximum absolute atomic E-state index is 14.7. The van der Waals surface area contributed by atoms with Crippen LogP contribution in [0.5, 0.6) is 0 Å². The van der Waals surface area contributed by atoms with Crippen molar-refractivity contribution in [2.24, 2.45) is 28.6 Å². The summed E-state index contributed by atoms with van der Waals surface area (Å²) in [5.74, 6) is -2.68. The Bertz CT molecular complexity index is 1550. The summed E-state index contributed by atoms with van der Waals surface area (Å²) in [5, 5.41) is 11.3. The number of piperidine rings is 1. The first kappa shape index (κ1) is 40.0. The fourth-order valence-corrected chi connectivity index (χ4v) is 8.82. The van der Waals surface area contributed by atoms with Crippen molar-refractivity contribution in [2.75, 3.05) is 13.1 Å². The molecule has 12 nitrogen and oxygen atoms in total. The van der Waals surface area contributed by atoms with Crippen LogP contribution in [-0.2, 0) is 37.1 Å².